The van der Waals surface area contributed by atoms with Gasteiger partial charge >= 0.3 is 0 Å². The first-order chi connectivity index (χ1) is 8.51. The van der Waals surface area contributed by atoms with Crippen molar-refractivity contribution < 1.29 is 4.79 Å². The second kappa shape index (κ2) is 6.46. The van der Waals surface area contributed by atoms with Gasteiger partial charge in [0.25, 0.3) is 0 Å². The molecule has 0 saturated carbocycles. The number of nitriles is 1. The van der Waals surface area contributed by atoms with Crippen molar-refractivity contribution in [1.82, 2.24) is 0 Å². The molecule has 1 unspecified atom stereocenters. The first-order valence-electron chi connectivity index (χ1n) is 5.82. The fourth-order valence-electron chi connectivity index (χ4n) is 1.63. The molecular weight excluding hydrogens is 244 g/mol. The minimum absolute atomic E-state index is 0.0235. The fraction of sp³-hybridized carbons (Fsp3) is 0.429. The van der Waals surface area contributed by atoms with Crippen molar-refractivity contribution in [3.8, 4) is 6.07 Å². The van der Waals surface area contributed by atoms with E-state index in [9.17, 15) is 4.79 Å². The molecule has 0 heterocycles. The quantitative estimate of drug-likeness (QED) is 0.783. The van der Waals surface area contributed by atoms with Crippen LogP contribution in [0.3, 0.4) is 0 Å². The molecule has 0 saturated heterocycles. The van der Waals surface area contributed by atoms with Gasteiger partial charge in [-0.05, 0) is 36.4 Å². The molecule has 0 fully saturated rings. The molecule has 1 atom stereocenters. The molecule has 1 aromatic rings. The molecule has 96 valence electrons. The maximum Gasteiger partial charge on any atom is 0.244 e. The van der Waals surface area contributed by atoms with E-state index in [0.29, 0.717) is 0 Å². The molecule has 0 aliphatic heterocycles. The Morgan fingerprint density at radius 1 is 1.33 bits per heavy atom. The van der Waals surface area contributed by atoms with Crippen molar-refractivity contribution in [2.75, 3.05) is 18.2 Å². The average Bonchev–Trinajstić information content (AvgIpc) is 2.38. The van der Waals surface area contributed by atoms with E-state index in [0.717, 1.165) is 10.6 Å². The SMILES string of the molecule is CSc1ccc(N(C)C(=O)C(C#N)C(C)C)cc1. The number of carbonyl (C=O) groups is 1. The van der Waals surface area contributed by atoms with Crippen LogP contribution in [0.15, 0.2) is 29.2 Å². The van der Waals surface area contributed by atoms with Gasteiger partial charge in [-0.2, -0.15) is 5.26 Å². The summed E-state index contributed by atoms with van der Waals surface area (Å²) in [4.78, 5) is 14.9. The van der Waals surface area contributed by atoms with Crippen molar-refractivity contribution in [2.45, 2.75) is 18.7 Å². The Balaban J connectivity index is 2.89. The van der Waals surface area contributed by atoms with Crippen LogP contribution < -0.4 is 4.90 Å². The van der Waals surface area contributed by atoms with Crippen molar-refractivity contribution in [2.24, 2.45) is 11.8 Å². The minimum Gasteiger partial charge on any atom is -0.314 e. The van der Waals surface area contributed by atoms with Crippen LogP contribution in [0.4, 0.5) is 5.69 Å². The van der Waals surface area contributed by atoms with Gasteiger partial charge in [0.1, 0.15) is 5.92 Å². The summed E-state index contributed by atoms with van der Waals surface area (Å²) in [6, 6.07) is 9.83. The molecule has 1 rings (SSSR count). The fourth-order valence-corrected chi connectivity index (χ4v) is 2.04. The lowest BCUT2D eigenvalue weighted by Crippen LogP contribution is -2.34. The predicted octanol–water partition coefficient (Wildman–Crippen LogP) is 3.17. The van der Waals surface area contributed by atoms with Crippen LogP contribution in [0.25, 0.3) is 0 Å². The number of amides is 1. The van der Waals surface area contributed by atoms with Crippen LogP contribution in [-0.4, -0.2) is 19.2 Å². The Labute approximate surface area is 113 Å². The normalized spacial score (nSPS) is 12.0. The summed E-state index contributed by atoms with van der Waals surface area (Å²) < 4.78 is 0. The number of benzene rings is 1. The third-order valence-corrected chi connectivity index (χ3v) is 3.61. The number of hydrogen-bond acceptors (Lipinski definition) is 3. The molecule has 0 aliphatic carbocycles. The van der Waals surface area contributed by atoms with Crippen molar-refractivity contribution in [3.63, 3.8) is 0 Å². The Bertz CT molecular complexity index is 448. The van der Waals surface area contributed by atoms with Gasteiger partial charge in [0.05, 0.1) is 6.07 Å². The molecule has 4 heteroatoms. The first kappa shape index (κ1) is 14.6. The van der Waals surface area contributed by atoms with E-state index in [4.69, 9.17) is 5.26 Å². The molecule has 1 amide bonds. The molecule has 0 radical (unpaired) electrons. The van der Waals surface area contributed by atoms with E-state index in [2.05, 4.69) is 6.07 Å². The standard InChI is InChI=1S/C14H18N2OS/c1-10(2)13(9-15)14(17)16(3)11-5-7-12(18-4)8-6-11/h5-8,10,13H,1-4H3. The molecule has 0 aliphatic rings. The Morgan fingerprint density at radius 3 is 2.28 bits per heavy atom. The first-order valence-corrected chi connectivity index (χ1v) is 7.05. The maximum absolute atomic E-state index is 12.2. The average molecular weight is 262 g/mol. The summed E-state index contributed by atoms with van der Waals surface area (Å²) in [6.45, 7) is 3.77. The van der Waals surface area contributed by atoms with Gasteiger partial charge in [0.2, 0.25) is 5.91 Å². The van der Waals surface area contributed by atoms with Gasteiger partial charge in [0, 0.05) is 17.6 Å². The lowest BCUT2D eigenvalue weighted by molar-refractivity contribution is -0.121. The van der Waals surface area contributed by atoms with Crippen LogP contribution in [0, 0.1) is 23.2 Å². The molecular formula is C14H18N2OS. The molecule has 18 heavy (non-hydrogen) atoms. The van der Waals surface area contributed by atoms with Crippen LogP contribution in [0.1, 0.15) is 13.8 Å². The zero-order chi connectivity index (χ0) is 13.7. The van der Waals surface area contributed by atoms with Crippen LogP contribution in [0.2, 0.25) is 0 Å². The minimum atomic E-state index is -0.588. The van der Waals surface area contributed by atoms with E-state index in [-0.39, 0.29) is 11.8 Å². The predicted molar refractivity (Wildman–Crippen MR) is 75.6 cm³/mol. The number of carbonyl (C=O) groups excluding carboxylic acids is 1. The van der Waals surface area contributed by atoms with E-state index >= 15 is 0 Å². The molecule has 0 bridgehead atoms. The lowest BCUT2D eigenvalue weighted by Gasteiger charge is -2.22. The largest absolute Gasteiger partial charge is 0.314 e. The van der Waals surface area contributed by atoms with E-state index in [1.807, 2.05) is 44.4 Å². The summed E-state index contributed by atoms with van der Waals surface area (Å²) in [5.41, 5.74) is 0.818. The van der Waals surface area contributed by atoms with Crippen LogP contribution in [0.5, 0.6) is 0 Å². The zero-order valence-electron chi connectivity index (χ0n) is 11.2. The number of hydrogen-bond donors (Lipinski definition) is 0. The highest BCUT2D eigenvalue weighted by Crippen LogP contribution is 2.22. The van der Waals surface area contributed by atoms with Crippen molar-refractivity contribution in [1.29, 1.82) is 5.26 Å². The summed E-state index contributed by atoms with van der Waals surface area (Å²) in [6.07, 6.45) is 2.01. The summed E-state index contributed by atoms with van der Waals surface area (Å²) in [7, 11) is 1.71. The van der Waals surface area contributed by atoms with Crippen molar-refractivity contribution >= 4 is 23.4 Å². The number of nitrogens with zero attached hydrogens (tertiary/aromatic N) is 2. The summed E-state index contributed by atoms with van der Waals surface area (Å²) >= 11 is 1.66. The topological polar surface area (TPSA) is 44.1 Å². The van der Waals surface area contributed by atoms with Gasteiger partial charge < -0.3 is 4.90 Å². The summed E-state index contributed by atoms with van der Waals surface area (Å²) in [5.74, 6) is -0.713. The molecule has 0 spiro atoms. The lowest BCUT2D eigenvalue weighted by atomic mass is 9.96. The van der Waals surface area contributed by atoms with Crippen LogP contribution in [-0.2, 0) is 4.79 Å². The maximum atomic E-state index is 12.2. The zero-order valence-corrected chi connectivity index (χ0v) is 12.0. The monoisotopic (exact) mass is 262 g/mol. The molecule has 0 N–H and O–H groups in total. The number of anilines is 1. The van der Waals surface area contributed by atoms with E-state index in [1.54, 1.807) is 23.7 Å². The van der Waals surface area contributed by atoms with Crippen molar-refractivity contribution in [3.05, 3.63) is 24.3 Å². The van der Waals surface area contributed by atoms with Crippen LogP contribution >= 0.6 is 11.8 Å². The molecule has 0 aromatic heterocycles. The highest BCUT2D eigenvalue weighted by molar-refractivity contribution is 7.98. The molecule has 3 nitrogen and oxygen atoms in total. The third kappa shape index (κ3) is 3.27. The highest BCUT2D eigenvalue weighted by atomic mass is 32.2. The highest BCUT2D eigenvalue weighted by Gasteiger charge is 2.25. The summed E-state index contributed by atoms with van der Waals surface area (Å²) in [5, 5.41) is 9.04. The Kier molecular flexibility index (Phi) is 5.24. The van der Waals surface area contributed by atoms with Gasteiger partial charge in [-0.3, -0.25) is 4.79 Å². The van der Waals surface area contributed by atoms with E-state index < -0.39 is 5.92 Å². The number of thioether (sulfide) groups is 1. The number of rotatable bonds is 4. The Morgan fingerprint density at radius 2 is 1.89 bits per heavy atom. The van der Waals surface area contributed by atoms with Gasteiger partial charge in [-0.25, -0.2) is 0 Å². The van der Waals surface area contributed by atoms with Gasteiger partial charge in [-0.1, -0.05) is 13.8 Å². The third-order valence-electron chi connectivity index (χ3n) is 2.86. The smallest absolute Gasteiger partial charge is 0.244 e. The molecule has 1 aromatic carbocycles. The van der Waals surface area contributed by atoms with Gasteiger partial charge in [-0.15, -0.1) is 11.8 Å². The van der Waals surface area contributed by atoms with Gasteiger partial charge in [0.15, 0.2) is 0 Å². The Hall–Kier alpha value is -1.47. The van der Waals surface area contributed by atoms with E-state index in [1.165, 1.54) is 0 Å². The second-order valence-corrected chi connectivity index (χ2v) is 5.33. The second-order valence-electron chi connectivity index (χ2n) is 4.45.